The molecule has 0 atom stereocenters. The lowest BCUT2D eigenvalue weighted by Crippen LogP contribution is -2.40. The van der Waals surface area contributed by atoms with E-state index in [0.717, 1.165) is 25.9 Å². The van der Waals surface area contributed by atoms with Gasteiger partial charge in [0.15, 0.2) is 9.84 Å². The van der Waals surface area contributed by atoms with Crippen molar-refractivity contribution >= 4 is 33.2 Å². The lowest BCUT2D eigenvalue weighted by atomic mass is 9.93. The lowest BCUT2D eigenvalue weighted by Gasteiger charge is -2.35. The molecule has 2 saturated heterocycles. The summed E-state index contributed by atoms with van der Waals surface area (Å²) < 4.78 is 52.6. The first kappa shape index (κ1) is 26.7. The maximum absolute atomic E-state index is 13.6. The number of aliphatic hydroxyl groups is 1. The van der Waals surface area contributed by atoms with E-state index in [4.69, 9.17) is 0 Å². The molecule has 3 aliphatic rings. The number of nitrogens with one attached hydrogen (secondary N) is 1. The average molecular weight is 550 g/mol. The fraction of sp³-hybridized carbons (Fsp3) is 0.577. The van der Waals surface area contributed by atoms with Gasteiger partial charge in [0.05, 0.1) is 28.5 Å². The van der Waals surface area contributed by atoms with Crippen LogP contribution in [-0.4, -0.2) is 73.9 Å². The van der Waals surface area contributed by atoms with Gasteiger partial charge >= 0.3 is 0 Å². The second-order valence-electron chi connectivity index (χ2n) is 10.7. The largest absolute Gasteiger partial charge is 0.395 e. The Morgan fingerprint density at radius 1 is 1.00 bits per heavy atom. The molecule has 1 saturated carbocycles. The summed E-state index contributed by atoms with van der Waals surface area (Å²) in [4.78, 5) is 26.1. The second kappa shape index (κ2) is 10.0. The van der Waals surface area contributed by atoms with Crippen molar-refractivity contribution in [3.8, 4) is 0 Å². The van der Waals surface area contributed by atoms with Crippen LogP contribution in [0.5, 0.6) is 0 Å². The van der Waals surface area contributed by atoms with E-state index in [1.165, 1.54) is 31.0 Å². The van der Waals surface area contributed by atoms with Crippen LogP contribution in [0.2, 0.25) is 0 Å². The molecule has 1 aromatic carbocycles. The summed E-state index contributed by atoms with van der Waals surface area (Å²) in [5, 5.41) is 12.0. The molecule has 38 heavy (non-hydrogen) atoms. The second-order valence-corrected chi connectivity index (χ2v) is 12.8. The predicted molar refractivity (Wildman–Crippen MR) is 140 cm³/mol. The smallest absolute Gasteiger partial charge is 0.258 e. The third-order valence-electron chi connectivity index (χ3n) is 7.92. The van der Waals surface area contributed by atoms with Crippen molar-refractivity contribution in [3.05, 3.63) is 35.5 Å². The zero-order chi connectivity index (χ0) is 27.1. The molecule has 3 heterocycles. The Labute approximate surface area is 221 Å². The molecular formula is C26H33F2N5O4S. The normalized spacial score (nSPS) is 20.4. The van der Waals surface area contributed by atoms with Crippen LogP contribution < -0.4 is 15.1 Å². The molecule has 12 heteroatoms. The van der Waals surface area contributed by atoms with Gasteiger partial charge in [0.1, 0.15) is 5.82 Å². The van der Waals surface area contributed by atoms with Crippen molar-refractivity contribution in [1.29, 1.82) is 0 Å². The minimum atomic E-state index is -3.70. The van der Waals surface area contributed by atoms with Gasteiger partial charge in [-0.3, -0.25) is 4.79 Å². The number of piperidine rings is 2. The van der Waals surface area contributed by atoms with Gasteiger partial charge in [0.2, 0.25) is 5.95 Å². The summed E-state index contributed by atoms with van der Waals surface area (Å²) in [6.07, 6.45) is 3.85. The number of aromatic nitrogens is 2. The number of aliphatic hydroxyl groups excluding tert-OH is 1. The van der Waals surface area contributed by atoms with E-state index in [1.54, 1.807) is 17.9 Å². The van der Waals surface area contributed by atoms with E-state index in [0.29, 0.717) is 22.4 Å². The molecule has 0 unspecified atom stereocenters. The van der Waals surface area contributed by atoms with Crippen LogP contribution in [0.25, 0.3) is 0 Å². The van der Waals surface area contributed by atoms with Crippen molar-refractivity contribution in [2.24, 2.45) is 5.41 Å². The summed E-state index contributed by atoms with van der Waals surface area (Å²) in [5.41, 5.74) is 1.82. The number of sulfone groups is 1. The zero-order valence-corrected chi connectivity index (χ0v) is 22.2. The van der Waals surface area contributed by atoms with Gasteiger partial charge in [-0.15, -0.1) is 0 Å². The predicted octanol–water partition coefficient (Wildman–Crippen LogP) is 3.42. The fourth-order valence-electron chi connectivity index (χ4n) is 5.27. The highest BCUT2D eigenvalue weighted by atomic mass is 32.2. The molecule has 3 fully saturated rings. The zero-order valence-electron chi connectivity index (χ0n) is 21.4. The Morgan fingerprint density at radius 2 is 1.66 bits per heavy atom. The number of nitrogens with zero attached hydrogens (tertiary/aromatic N) is 4. The molecule has 1 spiro atoms. The van der Waals surface area contributed by atoms with E-state index in [-0.39, 0.29) is 42.6 Å². The van der Waals surface area contributed by atoms with Crippen LogP contribution in [0.3, 0.4) is 0 Å². The maximum atomic E-state index is 13.6. The SMILES string of the molecule is Cc1cc(NC(=O)c2ccc(S(=O)(=O)CCO)cc2N2CCC3(CC2)CC3)nc(N2CCC(F)(F)CC2)n1. The number of aryl methyl sites for hydroxylation is 1. The van der Waals surface area contributed by atoms with E-state index >= 15 is 0 Å². The minimum Gasteiger partial charge on any atom is -0.395 e. The quantitative estimate of drug-likeness (QED) is 0.540. The third kappa shape index (κ3) is 5.75. The van der Waals surface area contributed by atoms with Crippen LogP contribution in [0.1, 0.15) is 54.6 Å². The Balaban J connectivity index is 1.41. The number of carbonyl (C=O) groups is 1. The summed E-state index contributed by atoms with van der Waals surface area (Å²) >= 11 is 0. The molecule has 9 nitrogen and oxygen atoms in total. The lowest BCUT2D eigenvalue weighted by molar-refractivity contribution is -0.0222. The van der Waals surface area contributed by atoms with E-state index in [1.807, 2.05) is 0 Å². The molecule has 0 bridgehead atoms. The fourth-order valence-corrected chi connectivity index (χ4v) is 6.31. The third-order valence-corrected chi connectivity index (χ3v) is 9.61. The van der Waals surface area contributed by atoms with Crippen LogP contribution in [-0.2, 0) is 9.84 Å². The topological polar surface area (TPSA) is 116 Å². The number of carbonyl (C=O) groups excluding carboxylic acids is 1. The molecule has 2 aromatic rings. The molecular weight excluding hydrogens is 516 g/mol. The Hall–Kier alpha value is -2.86. The van der Waals surface area contributed by atoms with Gasteiger partial charge < -0.3 is 20.2 Å². The number of anilines is 3. The highest BCUT2D eigenvalue weighted by Crippen LogP contribution is 2.54. The standard InChI is InChI=1S/C26H33F2N5O4S/c1-18-16-22(31-24(29-18)33-12-8-26(27,28)9-13-33)30-23(35)20-3-2-19(38(36,37)15-14-34)17-21(20)32-10-6-25(4-5-25)7-11-32/h2-3,16-17,34H,4-15H2,1H3,(H,29,30,31,35). The van der Waals surface area contributed by atoms with Crippen molar-refractivity contribution in [3.63, 3.8) is 0 Å². The van der Waals surface area contributed by atoms with Crippen LogP contribution >= 0.6 is 0 Å². The summed E-state index contributed by atoms with van der Waals surface area (Å²) in [6.45, 7) is 2.94. The maximum Gasteiger partial charge on any atom is 0.258 e. The molecule has 0 radical (unpaired) electrons. The Bertz CT molecular complexity index is 1310. The van der Waals surface area contributed by atoms with Crippen molar-refractivity contribution in [2.75, 3.05) is 53.7 Å². The first-order chi connectivity index (χ1) is 18.0. The highest BCUT2D eigenvalue weighted by Gasteiger charge is 2.44. The van der Waals surface area contributed by atoms with Crippen molar-refractivity contribution < 1.29 is 27.1 Å². The van der Waals surface area contributed by atoms with Gasteiger partial charge in [-0.05, 0) is 56.2 Å². The number of hydrogen-bond donors (Lipinski definition) is 2. The number of hydrogen-bond acceptors (Lipinski definition) is 8. The number of halogens is 2. The van der Waals surface area contributed by atoms with Gasteiger partial charge in [-0.2, -0.15) is 4.98 Å². The monoisotopic (exact) mass is 549 g/mol. The summed E-state index contributed by atoms with van der Waals surface area (Å²) in [5.74, 6) is -3.02. The number of rotatable bonds is 7. The number of amides is 1. The van der Waals surface area contributed by atoms with Gasteiger partial charge in [0.25, 0.3) is 11.8 Å². The molecule has 2 N–H and O–H groups in total. The first-order valence-corrected chi connectivity index (χ1v) is 14.7. The van der Waals surface area contributed by atoms with Gasteiger partial charge in [0, 0.05) is 50.8 Å². The summed E-state index contributed by atoms with van der Waals surface area (Å²) in [7, 11) is -3.70. The van der Waals surface area contributed by atoms with Crippen molar-refractivity contribution in [2.45, 2.75) is 56.3 Å². The molecule has 206 valence electrons. The molecule has 5 rings (SSSR count). The van der Waals surface area contributed by atoms with Crippen LogP contribution in [0.15, 0.2) is 29.2 Å². The Morgan fingerprint density at radius 3 is 2.29 bits per heavy atom. The summed E-state index contributed by atoms with van der Waals surface area (Å²) in [6, 6.07) is 6.02. The molecule has 2 aliphatic heterocycles. The van der Waals surface area contributed by atoms with E-state index < -0.39 is 34.0 Å². The average Bonchev–Trinajstić information content (AvgIpc) is 3.62. The number of alkyl halides is 2. The minimum absolute atomic E-state index is 0.0619. The highest BCUT2D eigenvalue weighted by molar-refractivity contribution is 7.91. The first-order valence-electron chi connectivity index (χ1n) is 13.0. The molecule has 1 aromatic heterocycles. The Kier molecular flexibility index (Phi) is 7.06. The number of benzene rings is 1. The van der Waals surface area contributed by atoms with Crippen LogP contribution in [0.4, 0.5) is 26.2 Å². The van der Waals surface area contributed by atoms with Gasteiger partial charge in [-0.1, -0.05) is 0 Å². The van der Waals surface area contributed by atoms with Crippen molar-refractivity contribution in [1.82, 2.24) is 9.97 Å². The molecule has 1 aliphatic carbocycles. The molecule has 1 amide bonds. The van der Waals surface area contributed by atoms with E-state index in [9.17, 15) is 27.1 Å². The van der Waals surface area contributed by atoms with E-state index in [2.05, 4.69) is 20.2 Å². The van der Waals surface area contributed by atoms with Crippen LogP contribution in [0, 0.1) is 12.3 Å². The van der Waals surface area contributed by atoms with Gasteiger partial charge in [-0.25, -0.2) is 22.2 Å².